The van der Waals surface area contributed by atoms with Crippen molar-refractivity contribution in [1.82, 2.24) is 9.97 Å². The molecule has 0 aliphatic heterocycles. The van der Waals surface area contributed by atoms with E-state index in [0.717, 1.165) is 30.1 Å². The van der Waals surface area contributed by atoms with Gasteiger partial charge in [0.1, 0.15) is 0 Å². The zero-order valence-corrected chi connectivity index (χ0v) is 15.1. The normalized spacial score (nSPS) is 11.0. The smallest absolute Gasteiger partial charge is 0.0459 e. The largest absolute Gasteiger partial charge is 0.385 e. The fourth-order valence-corrected chi connectivity index (χ4v) is 3.43. The van der Waals surface area contributed by atoms with E-state index in [4.69, 9.17) is 11.6 Å². The summed E-state index contributed by atoms with van der Waals surface area (Å²) in [7, 11) is 0. The second-order valence-corrected chi connectivity index (χ2v) is 6.78. The zero-order chi connectivity index (χ0) is 17.8. The number of fused-ring (bicyclic) bond motifs is 1. The number of halogens is 1. The van der Waals surface area contributed by atoms with Crippen LogP contribution >= 0.6 is 11.6 Å². The number of hydrogen-bond acceptors (Lipinski definition) is 2. The van der Waals surface area contributed by atoms with Crippen molar-refractivity contribution in [3.63, 3.8) is 0 Å². The Morgan fingerprint density at radius 3 is 2.50 bits per heavy atom. The highest BCUT2D eigenvalue weighted by Gasteiger charge is 2.11. The Bertz CT molecular complexity index is 991. The van der Waals surface area contributed by atoms with Gasteiger partial charge in [0.05, 0.1) is 0 Å². The van der Waals surface area contributed by atoms with Crippen molar-refractivity contribution in [3.05, 3.63) is 94.9 Å². The van der Waals surface area contributed by atoms with Crippen LogP contribution in [0, 0.1) is 0 Å². The summed E-state index contributed by atoms with van der Waals surface area (Å²) in [5.41, 5.74) is 6.18. The van der Waals surface area contributed by atoms with Crippen LogP contribution in [0.4, 0.5) is 5.69 Å². The van der Waals surface area contributed by atoms with E-state index in [9.17, 15) is 0 Å². The van der Waals surface area contributed by atoms with Crippen LogP contribution in [0.1, 0.15) is 16.8 Å². The number of H-pyrrole nitrogens is 1. The van der Waals surface area contributed by atoms with Crippen LogP contribution in [0.25, 0.3) is 10.9 Å². The maximum atomic E-state index is 6.02. The monoisotopic (exact) mass is 361 g/mol. The molecular formula is C22H20ClN3. The summed E-state index contributed by atoms with van der Waals surface area (Å²) in [5, 5.41) is 5.54. The Balaban J connectivity index is 1.58. The van der Waals surface area contributed by atoms with Crippen molar-refractivity contribution < 1.29 is 0 Å². The second kappa shape index (κ2) is 7.63. The minimum absolute atomic E-state index is 0.771. The third-order valence-corrected chi connectivity index (χ3v) is 4.83. The van der Waals surface area contributed by atoms with Gasteiger partial charge in [-0.1, -0.05) is 41.9 Å². The van der Waals surface area contributed by atoms with Gasteiger partial charge in [-0.05, 0) is 47.9 Å². The van der Waals surface area contributed by atoms with Crippen LogP contribution in [-0.4, -0.2) is 16.5 Å². The molecule has 4 aromatic rings. The molecule has 2 aromatic carbocycles. The molecule has 2 N–H and O–H groups in total. The van der Waals surface area contributed by atoms with E-state index in [0.29, 0.717) is 0 Å². The number of nitrogens with zero attached hydrogens (tertiary/aromatic N) is 1. The lowest BCUT2D eigenvalue weighted by Gasteiger charge is -2.08. The summed E-state index contributed by atoms with van der Waals surface area (Å²) in [6.07, 6.45) is 5.44. The van der Waals surface area contributed by atoms with E-state index in [2.05, 4.69) is 51.7 Å². The molecule has 0 spiro atoms. The molecule has 26 heavy (non-hydrogen) atoms. The van der Waals surface area contributed by atoms with Gasteiger partial charge in [0.2, 0.25) is 0 Å². The van der Waals surface area contributed by atoms with Crippen molar-refractivity contribution >= 4 is 28.2 Å². The third kappa shape index (κ3) is 3.73. The van der Waals surface area contributed by atoms with Gasteiger partial charge in [-0.15, -0.1) is 0 Å². The van der Waals surface area contributed by atoms with E-state index >= 15 is 0 Å². The van der Waals surface area contributed by atoms with Crippen LogP contribution in [0.2, 0.25) is 5.02 Å². The van der Waals surface area contributed by atoms with Crippen LogP contribution in [0.15, 0.2) is 73.1 Å². The summed E-state index contributed by atoms with van der Waals surface area (Å²) in [6, 6.07) is 20.6. The summed E-state index contributed by atoms with van der Waals surface area (Å²) < 4.78 is 0. The lowest BCUT2D eigenvalue weighted by Crippen LogP contribution is -2.06. The van der Waals surface area contributed by atoms with Crippen LogP contribution in [-0.2, 0) is 12.8 Å². The quantitative estimate of drug-likeness (QED) is 0.478. The molecule has 2 aromatic heterocycles. The van der Waals surface area contributed by atoms with Crippen molar-refractivity contribution in [2.45, 2.75) is 12.8 Å². The molecule has 0 saturated carbocycles. The highest BCUT2D eigenvalue weighted by Crippen LogP contribution is 2.25. The first kappa shape index (κ1) is 16.7. The molecule has 0 fully saturated rings. The van der Waals surface area contributed by atoms with Crippen LogP contribution in [0.3, 0.4) is 0 Å². The SMILES string of the molecule is Clc1ccc(Cc2[nH]c3ccccc3c2CCNc2ccncc2)cc1. The molecule has 0 aliphatic rings. The fraction of sp³-hybridized carbons (Fsp3) is 0.136. The standard InChI is InChI=1S/C22H20ClN3/c23-17-7-5-16(6-8-17)15-22-20(19-3-1-2-4-21(19)26-22)11-14-25-18-9-12-24-13-10-18/h1-10,12-13,26H,11,14-15H2,(H,24,25). The van der Waals surface area contributed by atoms with Gasteiger partial charge in [0.15, 0.2) is 0 Å². The summed E-state index contributed by atoms with van der Waals surface area (Å²) >= 11 is 6.02. The summed E-state index contributed by atoms with van der Waals surface area (Å²) in [4.78, 5) is 7.66. The number of hydrogen-bond donors (Lipinski definition) is 2. The third-order valence-electron chi connectivity index (χ3n) is 4.58. The number of para-hydroxylation sites is 1. The molecule has 0 aliphatic carbocycles. The summed E-state index contributed by atoms with van der Waals surface area (Å²) in [5.74, 6) is 0. The number of aromatic nitrogens is 2. The van der Waals surface area contributed by atoms with Crippen molar-refractivity contribution in [2.24, 2.45) is 0 Å². The van der Waals surface area contributed by atoms with Crippen molar-refractivity contribution in [2.75, 3.05) is 11.9 Å². The number of pyridine rings is 1. The van der Waals surface area contributed by atoms with E-state index in [1.165, 1.54) is 27.7 Å². The highest BCUT2D eigenvalue weighted by atomic mass is 35.5. The summed E-state index contributed by atoms with van der Waals surface area (Å²) in [6.45, 7) is 0.874. The van der Waals surface area contributed by atoms with E-state index < -0.39 is 0 Å². The predicted molar refractivity (Wildman–Crippen MR) is 109 cm³/mol. The molecule has 0 unspecified atom stereocenters. The minimum atomic E-state index is 0.771. The van der Waals surface area contributed by atoms with Gasteiger partial charge in [-0.3, -0.25) is 4.98 Å². The Kier molecular flexibility index (Phi) is 4.89. The molecule has 0 atom stereocenters. The molecule has 0 bridgehead atoms. The van der Waals surface area contributed by atoms with Gasteiger partial charge in [-0.2, -0.15) is 0 Å². The van der Waals surface area contributed by atoms with Crippen molar-refractivity contribution in [3.8, 4) is 0 Å². The number of anilines is 1. The molecule has 0 saturated heterocycles. The molecule has 0 radical (unpaired) electrons. The molecule has 4 rings (SSSR count). The van der Waals surface area contributed by atoms with Gasteiger partial charge in [0.25, 0.3) is 0 Å². The van der Waals surface area contributed by atoms with E-state index in [-0.39, 0.29) is 0 Å². The topological polar surface area (TPSA) is 40.7 Å². The van der Waals surface area contributed by atoms with E-state index in [1.807, 2.05) is 24.3 Å². The second-order valence-electron chi connectivity index (χ2n) is 6.34. The van der Waals surface area contributed by atoms with Gasteiger partial charge in [-0.25, -0.2) is 0 Å². The van der Waals surface area contributed by atoms with Crippen LogP contribution < -0.4 is 5.32 Å². The Morgan fingerprint density at radius 2 is 1.69 bits per heavy atom. The van der Waals surface area contributed by atoms with Gasteiger partial charge >= 0.3 is 0 Å². The molecular weight excluding hydrogens is 342 g/mol. The Labute approximate surface area is 158 Å². The lowest BCUT2D eigenvalue weighted by molar-refractivity contribution is 0.982. The first-order valence-corrected chi connectivity index (χ1v) is 9.14. The lowest BCUT2D eigenvalue weighted by atomic mass is 10.0. The predicted octanol–water partition coefficient (Wildman–Crippen LogP) is 5.46. The number of nitrogens with one attached hydrogen (secondary N) is 2. The first-order chi connectivity index (χ1) is 12.8. The number of aromatic amines is 1. The van der Waals surface area contributed by atoms with Crippen molar-refractivity contribution in [1.29, 1.82) is 0 Å². The molecule has 4 heteroatoms. The zero-order valence-electron chi connectivity index (χ0n) is 14.4. The molecule has 130 valence electrons. The number of benzene rings is 2. The maximum absolute atomic E-state index is 6.02. The molecule has 0 amide bonds. The average Bonchev–Trinajstić information content (AvgIpc) is 3.02. The van der Waals surface area contributed by atoms with E-state index in [1.54, 1.807) is 12.4 Å². The minimum Gasteiger partial charge on any atom is -0.385 e. The highest BCUT2D eigenvalue weighted by molar-refractivity contribution is 6.30. The first-order valence-electron chi connectivity index (χ1n) is 8.76. The maximum Gasteiger partial charge on any atom is 0.0459 e. The number of rotatable bonds is 6. The van der Waals surface area contributed by atoms with Gasteiger partial charge in [0, 0.05) is 52.7 Å². The Hall–Kier alpha value is -2.78. The fourth-order valence-electron chi connectivity index (χ4n) is 3.30. The average molecular weight is 362 g/mol. The van der Waals surface area contributed by atoms with Crippen LogP contribution in [0.5, 0.6) is 0 Å². The molecule has 2 heterocycles. The molecule has 3 nitrogen and oxygen atoms in total. The van der Waals surface area contributed by atoms with Gasteiger partial charge < -0.3 is 10.3 Å². The Morgan fingerprint density at radius 1 is 0.923 bits per heavy atom.